The molecule has 1 aliphatic heterocycles. The molecule has 0 unspecified atom stereocenters. The van der Waals surface area contributed by atoms with Crippen molar-refractivity contribution in [3.05, 3.63) is 82.4 Å². The molecule has 0 atom stereocenters. The predicted molar refractivity (Wildman–Crippen MR) is 125 cm³/mol. The molecule has 6 nitrogen and oxygen atoms in total. The van der Waals surface area contributed by atoms with E-state index in [-0.39, 0.29) is 10.7 Å². The van der Waals surface area contributed by atoms with Crippen molar-refractivity contribution in [1.29, 1.82) is 0 Å². The van der Waals surface area contributed by atoms with E-state index >= 15 is 0 Å². The number of aromatic nitrogens is 2. The van der Waals surface area contributed by atoms with Gasteiger partial charge in [-0.05, 0) is 81.4 Å². The van der Waals surface area contributed by atoms with Crippen LogP contribution in [0.3, 0.4) is 0 Å². The summed E-state index contributed by atoms with van der Waals surface area (Å²) >= 11 is 5.32. The Morgan fingerprint density at radius 1 is 1.00 bits per heavy atom. The highest BCUT2D eigenvalue weighted by molar-refractivity contribution is 7.80. The first-order chi connectivity index (χ1) is 14.8. The summed E-state index contributed by atoms with van der Waals surface area (Å²) in [4.78, 5) is 31.5. The van der Waals surface area contributed by atoms with E-state index in [1.165, 1.54) is 4.90 Å². The van der Waals surface area contributed by atoms with E-state index in [0.29, 0.717) is 5.69 Å². The molecule has 0 aliphatic carbocycles. The Kier molecular flexibility index (Phi) is 5.29. The lowest BCUT2D eigenvalue weighted by Crippen LogP contribution is -2.54. The van der Waals surface area contributed by atoms with E-state index in [4.69, 9.17) is 12.2 Å². The van der Waals surface area contributed by atoms with E-state index in [2.05, 4.69) is 14.9 Å². The van der Waals surface area contributed by atoms with Crippen LogP contribution in [0, 0.1) is 27.7 Å². The number of benzene rings is 1. The molecule has 0 bridgehead atoms. The molecule has 1 aliphatic rings. The Balaban J connectivity index is 1.78. The van der Waals surface area contributed by atoms with Crippen molar-refractivity contribution >= 4 is 40.9 Å². The Morgan fingerprint density at radius 2 is 1.71 bits per heavy atom. The Hall–Kier alpha value is -3.58. The van der Waals surface area contributed by atoms with Gasteiger partial charge < -0.3 is 4.57 Å². The molecular weight excluding hydrogens is 408 g/mol. The van der Waals surface area contributed by atoms with Crippen molar-refractivity contribution in [3.8, 4) is 5.69 Å². The lowest BCUT2D eigenvalue weighted by atomic mass is 10.0. The summed E-state index contributed by atoms with van der Waals surface area (Å²) in [6.07, 6.45) is 5.09. The second-order valence-electron chi connectivity index (χ2n) is 7.62. The number of nitrogens with one attached hydrogen (secondary N) is 1. The van der Waals surface area contributed by atoms with Gasteiger partial charge in [0, 0.05) is 29.5 Å². The van der Waals surface area contributed by atoms with Crippen LogP contribution in [0.1, 0.15) is 28.1 Å². The predicted octanol–water partition coefficient (Wildman–Crippen LogP) is 3.94. The normalized spacial score (nSPS) is 15.5. The van der Waals surface area contributed by atoms with Crippen LogP contribution in [0.4, 0.5) is 5.69 Å². The smallest absolute Gasteiger partial charge is 0.270 e. The number of hydrogen-bond donors (Lipinski definition) is 1. The van der Waals surface area contributed by atoms with Crippen LogP contribution in [-0.4, -0.2) is 26.5 Å². The molecule has 1 fully saturated rings. The van der Waals surface area contributed by atoms with Crippen LogP contribution in [0.2, 0.25) is 0 Å². The fourth-order valence-electron chi connectivity index (χ4n) is 3.91. The van der Waals surface area contributed by atoms with Crippen LogP contribution in [0.5, 0.6) is 0 Å². The van der Waals surface area contributed by atoms with Gasteiger partial charge in [0.15, 0.2) is 5.11 Å². The maximum Gasteiger partial charge on any atom is 0.270 e. The van der Waals surface area contributed by atoms with Crippen molar-refractivity contribution in [1.82, 2.24) is 14.9 Å². The average molecular weight is 431 g/mol. The molecule has 2 aromatic heterocycles. The Bertz CT molecular complexity index is 1260. The highest BCUT2D eigenvalue weighted by atomic mass is 32.1. The van der Waals surface area contributed by atoms with Crippen molar-refractivity contribution in [2.45, 2.75) is 27.7 Å². The molecule has 31 heavy (non-hydrogen) atoms. The zero-order valence-corrected chi connectivity index (χ0v) is 18.6. The fourth-order valence-corrected chi connectivity index (χ4v) is 4.19. The minimum Gasteiger partial charge on any atom is -0.318 e. The van der Waals surface area contributed by atoms with Crippen LogP contribution >= 0.6 is 12.2 Å². The molecule has 7 heteroatoms. The van der Waals surface area contributed by atoms with Gasteiger partial charge in [0.2, 0.25) is 0 Å². The van der Waals surface area contributed by atoms with Crippen molar-refractivity contribution in [2.24, 2.45) is 0 Å². The third-order valence-electron chi connectivity index (χ3n) is 5.39. The van der Waals surface area contributed by atoms with Gasteiger partial charge in [-0.15, -0.1) is 0 Å². The number of nitrogens with zero attached hydrogens (tertiary/aromatic N) is 3. The summed E-state index contributed by atoms with van der Waals surface area (Å²) in [5.74, 6) is -0.931. The summed E-state index contributed by atoms with van der Waals surface area (Å²) < 4.78 is 2.06. The van der Waals surface area contributed by atoms with Crippen molar-refractivity contribution < 1.29 is 9.59 Å². The lowest BCUT2D eigenvalue weighted by Gasteiger charge is -2.30. The molecule has 0 radical (unpaired) electrons. The number of amides is 2. The molecule has 3 heterocycles. The van der Waals surface area contributed by atoms with E-state index in [1.807, 2.05) is 64.1 Å². The Morgan fingerprint density at radius 3 is 2.39 bits per heavy atom. The van der Waals surface area contributed by atoms with Gasteiger partial charge in [-0.1, -0.05) is 17.7 Å². The Labute approximate surface area is 186 Å². The molecule has 4 rings (SSSR count). The first kappa shape index (κ1) is 20.7. The van der Waals surface area contributed by atoms with Crippen LogP contribution < -0.4 is 10.2 Å². The first-order valence-corrected chi connectivity index (χ1v) is 10.3. The summed E-state index contributed by atoms with van der Waals surface area (Å²) in [6, 6.07) is 11.5. The maximum absolute atomic E-state index is 13.4. The zero-order chi connectivity index (χ0) is 22.3. The lowest BCUT2D eigenvalue weighted by molar-refractivity contribution is -0.122. The van der Waals surface area contributed by atoms with Crippen molar-refractivity contribution in [3.63, 3.8) is 0 Å². The zero-order valence-electron chi connectivity index (χ0n) is 17.8. The van der Waals surface area contributed by atoms with Gasteiger partial charge in [0.1, 0.15) is 5.57 Å². The number of carbonyl (C=O) groups excluding carboxylic acids is 2. The number of hydrogen-bond acceptors (Lipinski definition) is 4. The van der Waals surface area contributed by atoms with Gasteiger partial charge in [-0.25, -0.2) is 0 Å². The highest BCUT2D eigenvalue weighted by Gasteiger charge is 2.35. The molecule has 0 saturated carbocycles. The van der Waals surface area contributed by atoms with Crippen LogP contribution in [-0.2, 0) is 9.59 Å². The van der Waals surface area contributed by atoms with Gasteiger partial charge in [0.25, 0.3) is 11.8 Å². The second kappa shape index (κ2) is 7.92. The standard InChI is InChI=1S/C24H22N4O2S/c1-14-5-6-21(15(2)11-14)28-23(30)20(22(29)26-24(28)31)13-18-12-16(3)27(17(18)4)19-7-9-25-10-8-19/h5-13H,1-4H3,(H,26,29,31)/b20-13+. The highest BCUT2D eigenvalue weighted by Crippen LogP contribution is 2.28. The molecule has 3 aromatic rings. The summed E-state index contributed by atoms with van der Waals surface area (Å²) in [7, 11) is 0. The maximum atomic E-state index is 13.4. The van der Waals surface area contributed by atoms with Crippen LogP contribution in [0.25, 0.3) is 11.8 Å². The fraction of sp³-hybridized carbons (Fsp3) is 0.167. The number of thiocarbonyl (C=S) groups is 1. The summed E-state index contributed by atoms with van der Waals surface area (Å²) in [5.41, 5.74) is 6.36. The van der Waals surface area contributed by atoms with E-state index in [1.54, 1.807) is 18.5 Å². The van der Waals surface area contributed by atoms with Crippen molar-refractivity contribution in [2.75, 3.05) is 4.90 Å². The van der Waals surface area contributed by atoms with Gasteiger partial charge in [-0.2, -0.15) is 0 Å². The third kappa shape index (κ3) is 3.68. The van der Waals surface area contributed by atoms with E-state index in [9.17, 15) is 9.59 Å². The quantitative estimate of drug-likeness (QED) is 0.388. The molecule has 1 aromatic carbocycles. The monoisotopic (exact) mass is 430 g/mol. The minimum absolute atomic E-state index is 0.0450. The molecule has 1 saturated heterocycles. The largest absolute Gasteiger partial charge is 0.318 e. The number of pyridine rings is 1. The van der Waals surface area contributed by atoms with Gasteiger partial charge in [0.05, 0.1) is 5.69 Å². The average Bonchev–Trinajstić information content (AvgIpc) is 3.00. The third-order valence-corrected chi connectivity index (χ3v) is 5.67. The number of aryl methyl sites for hydroxylation is 3. The van der Waals surface area contributed by atoms with E-state index in [0.717, 1.165) is 33.8 Å². The summed E-state index contributed by atoms with van der Waals surface area (Å²) in [5, 5.41) is 2.74. The number of carbonyl (C=O) groups is 2. The molecule has 1 N–H and O–H groups in total. The number of rotatable bonds is 3. The van der Waals surface area contributed by atoms with Crippen LogP contribution in [0.15, 0.2) is 54.4 Å². The first-order valence-electron chi connectivity index (χ1n) is 9.86. The molecule has 156 valence electrons. The van der Waals surface area contributed by atoms with Gasteiger partial charge in [-0.3, -0.25) is 24.8 Å². The van der Waals surface area contributed by atoms with E-state index < -0.39 is 11.8 Å². The minimum atomic E-state index is -0.496. The number of anilines is 1. The molecule has 0 spiro atoms. The molecule has 2 amide bonds. The molecular formula is C24H22N4O2S. The summed E-state index contributed by atoms with van der Waals surface area (Å²) in [6.45, 7) is 7.84. The SMILES string of the molecule is Cc1ccc(N2C(=O)/C(=C/c3cc(C)n(-c4ccncc4)c3C)C(=O)NC2=S)c(C)c1. The second-order valence-corrected chi connectivity index (χ2v) is 8.00. The van der Waals surface area contributed by atoms with Gasteiger partial charge >= 0.3 is 0 Å². The topological polar surface area (TPSA) is 67.2 Å².